The molecule has 0 bridgehead atoms. The summed E-state index contributed by atoms with van der Waals surface area (Å²) in [6, 6.07) is 0. The summed E-state index contributed by atoms with van der Waals surface area (Å²) < 4.78 is 0. The number of hydrogen-bond donors (Lipinski definition) is 1. The van der Waals surface area contributed by atoms with Gasteiger partial charge in [0.25, 0.3) is 0 Å². The minimum Gasteiger partial charge on any atom is -0.322 e. The molecule has 1 aromatic heterocycles. The van der Waals surface area contributed by atoms with Crippen LogP contribution in [0.2, 0.25) is 0 Å². The highest BCUT2D eigenvalue weighted by atomic mass is 15.5. The van der Waals surface area contributed by atoms with Crippen molar-refractivity contribution in [2.45, 2.75) is 0 Å². The Morgan fingerprint density at radius 1 is 1.57 bits per heavy atom. The van der Waals surface area contributed by atoms with Gasteiger partial charge in [-0.1, -0.05) is 0 Å². The predicted octanol–water partition coefficient (Wildman–Crippen LogP) is -1.49. The topological polar surface area (TPSA) is 87.2 Å². The van der Waals surface area contributed by atoms with Gasteiger partial charge in [0.2, 0.25) is 0 Å². The van der Waals surface area contributed by atoms with Gasteiger partial charge in [-0.2, -0.15) is 4.79 Å². The smallest absolute Gasteiger partial charge is 0.0715 e. The molecule has 0 aliphatic heterocycles. The van der Waals surface area contributed by atoms with Crippen molar-refractivity contribution >= 4 is 0 Å². The van der Waals surface area contributed by atoms with E-state index in [1.807, 2.05) is 0 Å². The number of rotatable bonds is 0. The first-order chi connectivity index (χ1) is 2.89. The van der Waals surface area contributed by atoms with E-state index in [1.54, 1.807) is 6.20 Å². The second-order valence-corrected chi connectivity index (χ2v) is 0.883. The molecule has 0 atom stereocenters. The molecule has 1 heterocycles. The molecule has 37 valence electrons. The Labute approximate surface area is 40.7 Å². The van der Waals surface area contributed by atoms with Gasteiger partial charge < -0.3 is 5.84 Å². The zero-order valence-electron chi connectivity index (χ0n) is 3.52. The zero-order chi connectivity index (χ0) is 4.41. The molecular weight excluding hydrogens is 94.1 g/mol. The number of hydrogen-bond acceptors (Lipinski definition) is 3. The minimum atomic E-state index is 0. The molecule has 0 saturated carbocycles. The van der Waals surface area contributed by atoms with Crippen molar-refractivity contribution in [2.24, 2.45) is 0 Å². The normalized spacial score (nSPS) is 7.43. The second kappa shape index (κ2) is 2.14. The van der Waals surface area contributed by atoms with Crippen LogP contribution in [0, 0.1) is 0 Å². The molecule has 0 aromatic carbocycles. The molecule has 7 heavy (non-hydrogen) atoms. The molecule has 0 aliphatic rings. The highest BCUT2D eigenvalue weighted by molar-refractivity contribution is 4.61. The first kappa shape index (κ1) is 5.90. The number of nitrogens with two attached hydrogens (primary N) is 1. The van der Waals surface area contributed by atoms with Gasteiger partial charge in [0.05, 0.1) is 12.4 Å². The Morgan fingerprint density at radius 3 is 2.43 bits per heavy atom. The van der Waals surface area contributed by atoms with Gasteiger partial charge >= 0.3 is 0 Å². The van der Waals surface area contributed by atoms with Gasteiger partial charge in [-0.3, -0.25) is 0 Å². The van der Waals surface area contributed by atoms with E-state index < -0.39 is 0 Å². The first-order valence-corrected chi connectivity index (χ1v) is 1.51. The molecule has 5 nitrogen and oxygen atoms in total. The maximum Gasteiger partial charge on any atom is 0.0715 e. The van der Waals surface area contributed by atoms with Gasteiger partial charge in [-0.05, 0) is 5.21 Å². The fourth-order valence-corrected chi connectivity index (χ4v) is 0.217. The van der Waals surface area contributed by atoms with Gasteiger partial charge in [0.15, 0.2) is 0 Å². The van der Waals surface area contributed by atoms with E-state index in [4.69, 9.17) is 5.84 Å². The van der Waals surface area contributed by atoms with E-state index >= 15 is 0 Å². The molecule has 0 aliphatic carbocycles. The highest BCUT2D eigenvalue weighted by Gasteiger charge is 1.71. The Hall–Kier alpha value is -1.10. The third kappa shape index (κ3) is 1.18. The monoisotopic (exact) mass is 98.0 g/mol. The van der Waals surface area contributed by atoms with E-state index in [9.17, 15) is 0 Å². The highest BCUT2D eigenvalue weighted by Crippen LogP contribution is 1.62. The van der Waals surface area contributed by atoms with Crippen molar-refractivity contribution in [3.05, 3.63) is 12.4 Å². The summed E-state index contributed by atoms with van der Waals surface area (Å²) in [6.45, 7) is 0. The van der Waals surface area contributed by atoms with Gasteiger partial charge in [0.1, 0.15) is 0 Å². The van der Waals surface area contributed by atoms with E-state index in [2.05, 4.69) is 10.3 Å². The lowest BCUT2D eigenvalue weighted by atomic mass is 11.0. The van der Waals surface area contributed by atoms with Crippen molar-refractivity contribution in [3.8, 4) is 0 Å². The zero-order valence-corrected chi connectivity index (χ0v) is 3.52. The van der Waals surface area contributed by atoms with Crippen molar-refractivity contribution in [1.82, 2.24) is 21.3 Å². The Balaban J connectivity index is 0.000000360. The Morgan fingerprint density at radius 2 is 2.29 bits per heavy atom. The van der Waals surface area contributed by atoms with Gasteiger partial charge in [-0.25, -0.2) is 0 Å². The van der Waals surface area contributed by atoms with E-state index in [0.29, 0.717) is 0 Å². The number of aromatic nitrogens is 3. The molecule has 3 radical (unpaired) electrons. The first-order valence-electron chi connectivity index (χ1n) is 1.51. The van der Waals surface area contributed by atoms with E-state index in [0.717, 1.165) is 4.79 Å². The van der Waals surface area contributed by atoms with E-state index in [1.165, 1.54) is 6.20 Å². The lowest BCUT2D eigenvalue weighted by Crippen LogP contribution is -2.07. The summed E-state index contributed by atoms with van der Waals surface area (Å²) in [5.74, 6) is 5.02. The number of nitrogens with zero attached hydrogens (tertiary/aromatic N) is 4. The van der Waals surface area contributed by atoms with Crippen molar-refractivity contribution in [2.75, 3.05) is 5.84 Å². The standard InChI is InChI=1S/C2H4N4.N/c3-6-2-1-4-5-6;/h1-2H,3H2;. The summed E-state index contributed by atoms with van der Waals surface area (Å²) in [6.07, 6.45) is 3.07. The van der Waals surface area contributed by atoms with Crippen molar-refractivity contribution < 1.29 is 0 Å². The van der Waals surface area contributed by atoms with Crippen LogP contribution >= 0.6 is 0 Å². The molecule has 0 saturated heterocycles. The Bertz CT molecular complexity index is 110. The van der Waals surface area contributed by atoms with Crippen LogP contribution in [0.25, 0.3) is 0 Å². The molecule has 1 rings (SSSR count). The minimum absolute atomic E-state index is 0. The largest absolute Gasteiger partial charge is 0.322 e. The lowest BCUT2D eigenvalue weighted by molar-refractivity contribution is 0.765. The van der Waals surface area contributed by atoms with E-state index in [-0.39, 0.29) is 6.15 Å². The summed E-state index contributed by atoms with van der Waals surface area (Å²) in [7, 11) is 0. The molecule has 0 fully saturated rings. The SMILES string of the molecule is Nn1ccnn1.[N]. The second-order valence-electron chi connectivity index (χ2n) is 0.883. The average Bonchev–Trinajstić information content (AvgIpc) is 1.86. The third-order valence-electron chi connectivity index (χ3n) is 0.441. The summed E-state index contributed by atoms with van der Waals surface area (Å²) >= 11 is 0. The number of nitrogen functional groups attached to an aromatic ring is 1. The lowest BCUT2D eigenvalue weighted by Gasteiger charge is -1.76. The van der Waals surface area contributed by atoms with Gasteiger partial charge in [-0.15, -0.1) is 5.10 Å². The Kier molecular flexibility index (Phi) is 1.80. The van der Waals surface area contributed by atoms with Crippen LogP contribution in [0.15, 0.2) is 12.4 Å². The van der Waals surface area contributed by atoms with Crippen molar-refractivity contribution in [1.29, 1.82) is 0 Å². The fourth-order valence-electron chi connectivity index (χ4n) is 0.217. The predicted molar refractivity (Wildman–Crippen MR) is 22.3 cm³/mol. The quantitative estimate of drug-likeness (QED) is 0.401. The average molecular weight is 98.1 g/mol. The van der Waals surface area contributed by atoms with Crippen LogP contribution in [-0.4, -0.2) is 15.1 Å². The maximum atomic E-state index is 5.02. The molecule has 1 aromatic rings. The van der Waals surface area contributed by atoms with Crippen LogP contribution in [0.4, 0.5) is 0 Å². The molecule has 0 amide bonds. The molecule has 0 unspecified atom stereocenters. The van der Waals surface area contributed by atoms with Gasteiger partial charge in [0, 0.05) is 6.15 Å². The summed E-state index contributed by atoms with van der Waals surface area (Å²) in [5, 5.41) is 6.77. The molecular formula is C2H4N5. The van der Waals surface area contributed by atoms with Crippen LogP contribution in [0.3, 0.4) is 0 Å². The molecule has 2 N–H and O–H groups in total. The third-order valence-corrected chi connectivity index (χ3v) is 0.441. The molecule has 5 heteroatoms. The fraction of sp³-hybridized carbons (Fsp3) is 0. The maximum absolute atomic E-state index is 5.02. The van der Waals surface area contributed by atoms with Crippen LogP contribution in [-0.2, 0) is 0 Å². The van der Waals surface area contributed by atoms with Crippen molar-refractivity contribution in [3.63, 3.8) is 0 Å². The molecule has 0 spiro atoms. The van der Waals surface area contributed by atoms with Crippen LogP contribution < -0.4 is 12.0 Å². The summed E-state index contributed by atoms with van der Waals surface area (Å²) in [5.41, 5.74) is 0. The summed E-state index contributed by atoms with van der Waals surface area (Å²) in [4.78, 5) is 1.14. The van der Waals surface area contributed by atoms with Crippen LogP contribution in [0.1, 0.15) is 0 Å². The van der Waals surface area contributed by atoms with Crippen LogP contribution in [0.5, 0.6) is 0 Å².